The Kier molecular flexibility index (Phi) is 7.86. The molecule has 1 unspecified atom stereocenters. The van der Waals surface area contributed by atoms with Gasteiger partial charge < -0.3 is 4.74 Å². The molecule has 0 aliphatic heterocycles. The highest BCUT2D eigenvalue weighted by atomic mass is 19.4. The van der Waals surface area contributed by atoms with Crippen LogP contribution in [0, 0.1) is 0 Å². The first-order valence-corrected chi connectivity index (χ1v) is 11.8. The number of aliphatic imine (C=N–C) groups is 1. The zero-order valence-electron chi connectivity index (χ0n) is 20.5. The Labute approximate surface area is 218 Å². The van der Waals surface area contributed by atoms with Crippen LogP contribution in [-0.4, -0.2) is 30.8 Å². The van der Waals surface area contributed by atoms with Gasteiger partial charge in [-0.1, -0.05) is 103 Å². The van der Waals surface area contributed by atoms with E-state index in [2.05, 4.69) is 9.73 Å². The van der Waals surface area contributed by atoms with Gasteiger partial charge in [-0.05, 0) is 17.7 Å². The number of ether oxygens (including phenoxy) is 1. The van der Waals surface area contributed by atoms with E-state index in [1.54, 1.807) is 78.9 Å². The summed E-state index contributed by atoms with van der Waals surface area (Å²) in [5.41, 5.74) is -1.99. The van der Waals surface area contributed by atoms with Crippen LogP contribution >= 0.6 is 0 Å². The predicted molar refractivity (Wildman–Crippen MR) is 139 cm³/mol. The van der Waals surface area contributed by atoms with Gasteiger partial charge in [0.15, 0.2) is 11.3 Å². The minimum atomic E-state index is -4.97. The third-order valence-corrected chi connectivity index (χ3v) is 6.16. The van der Waals surface area contributed by atoms with E-state index in [1.807, 2.05) is 0 Å². The summed E-state index contributed by atoms with van der Waals surface area (Å²) in [6.07, 6.45) is -5.94. The first kappa shape index (κ1) is 26.5. The molecule has 0 saturated carbocycles. The Hall–Kier alpha value is -4.52. The number of alkyl halides is 3. The van der Waals surface area contributed by atoms with Gasteiger partial charge in [0.2, 0.25) is 0 Å². The summed E-state index contributed by atoms with van der Waals surface area (Å²) in [6, 6.07) is 29.7. The van der Waals surface area contributed by atoms with E-state index >= 15 is 13.2 Å². The molecule has 0 aromatic heterocycles. The Morgan fingerprint density at radius 2 is 1.11 bits per heavy atom. The number of halogens is 3. The summed E-state index contributed by atoms with van der Waals surface area (Å²) >= 11 is 0. The summed E-state index contributed by atoms with van der Waals surface area (Å²) in [7, 11) is 1.19. The third kappa shape index (κ3) is 5.57. The molecule has 7 heteroatoms. The number of benzene rings is 4. The molecule has 0 spiro atoms. The lowest BCUT2D eigenvalue weighted by molar-refractivity contribution is -0.187. The van der Waals surface area contributed by atoms with Gasteiger partial charge in [0.1, 0.15) is 0 Å². The van der Waals surface area contributed by atoms with Gasteiger partial charge in [-0.2, -0.15) is 13.2 Å². The van der Waals surface area contributed by atoms with Gasteiger partial charge in [-0.15, -0.1) is 0 Å². The Bertz CT molecular complexity index is 1380. The van der Waals surface area contributed by atoms with Crippen LogP contribution in [0.2, 0.25) is 0 Å². The predicted octanol–water partition coefficient (Wildman–Crippen LogP) is 7.04. The van der Waals surface area contributed by atoms with E-state index in [0.717, 1.165) is 0 Å². The molecule has 0 N–H and O–H groups in total. The number of hydrogen-bond donors (Lipinski definition) is 0. The fraction of sp³-hybridized carbons (Fsp3) is 0.129. The number of carbonyl (C=O) groups is 2. The summed E-state index contributed by atoms with van der Waals surface area (Å²) in [6.45, 7) is 0. The molecule has 0 saturated heterocycles. The second kappa shape index (κ2) is 11.3. The summed E-state index contributed by atoms with van der Waals surface area (Å²) in [5.74, 6) is -1.41. The van der Waals surface area contributed by atoms with E-state index in [9.17, 15) is 9.59 Å². The number of hydrogen-bond acceptors (Lipinski definition) is 4. The average molecular weight is 516 g/mol. The highest BCUT2D eigenvalue weighted by Gasteiger charge is 2.57. The van der Waals surface area contributed by atoms with Gasteiger partial charge in [0.05, 0.1) is 18.4 Å². The monoisotopic (exact) mass is 515 g/mol. The quantitative estimate of drug-likeness (QED) is 0.144. The number of ketones is 1. The van der Waals surface area contributed by atoms with Gasteiger partial charge >= 0.3 is 12.1 Å². The van der Waals surface area contributed by atoms with Gasteiger partial charge in [0.25, 0.3) is 0 Å². The molecule has 4 aromatic carbocycles. The Morgan fingerprint density at radius 1 is 0.658 bits per heavy atom. The number of methoxy groups -OCH3 is 1. The van der Waals surface area contributed by atoms with Crippen LogP contribution in [0.3, 0.4) is 0 Å². The standard InChI is InChI=1S/C31H24F3NO3/c1-38-29(37)25-17-19-26(20-18-25)30(31(32,33)34,21-27(36)22-11-5-2-6-12-22)35-28(23-13-7-3-8-14-23)24-15-9-4-10-16-24/h2-20H,21H2,1H3. The zero-order valence-corrected chi connectivity index (χ0v) is 20.5. The second-order valence-corrected chi connectivity index (χ2v) is 8.59. The lowest BCUT2D eigenvalue weighted by atomic mass is 9.82. The third-order valence-electron chi connectivity index (χ3n) is 6.16. The van der Waals surface area contributed by atoms with Gasteiger partial charge in [0, 0.05) is 23.1 Å². The molecule has 4 rings (SSSR count). The number of rotatable bonds is 8. The maximum absolute atomic E-state index is 15.3. The topological polar surface area (TPSA) is 55.7 Å². The van der Waals surface area contributed by atoms with Crippen LogP contribution in [-0.2, 0) is 10.3 Å². The van der Waals surface area contributed by atoms with Crippen molar-refractivity contribution in [2.45, 2.75) is 18.1 Å². The van der Waals surface area contributed by atoms with Crippen molar-refractivity contribution >= 4 is 17.5 Å². The van der Waals surface area contributed by atoms with Crippen molar-refractivity contribution in [1.29, 1.82) is 0 Å². The van der Waals surface area contributed by atoms with Crippen LogP contribution < -0.4 is 0 Å². The largest absolute Gasteiger partial charge is 0.465 e. The Morgan fingerprint density at radius 3 is 1.53 bits per heavy atom. The molecule has 4 nitrogen and oxygen atoms in total. The van der Waals surface area contributed by atoms with E-state index in [0.29, 0.717) is 11.1 Å². The highest BCUT2D eigenvalue weighted by Crippen LogP contribution is 2.47. The first-order valence-electron chi connectivity index (χ1n) is 11.8. The molecule has 0 radical (unpaired) electrons. The molecule has 0 fully saturated rings. The maximum atomic E-state index is 15.3. The number of Topliss-reactive ketones (excluding diaryl/α,β-unsaturated/α-hetero) is 1. The molecule has 38 heavy (non-hydrogen) atoms. The fourth-order valence-corrected chi connectivity index (χ4v) is 4.17. The molecular formula is C31H24F3NO3. The molecule has 0 bridgehead atoms. The molecular weight excluding hydrogens is 491 g/mol. The van der Waals surface area contributed by atoms with Gasteiger partial charge in [-0.25, -0.2) is 4.79 Å². The molecule has 4 aromatic rings. The van der Waals surface area contributed by atoms with Crippen molar-refractivity contribution in [2.75, 3.05) is 7.11 Å². The number of esters is 1. The molecule has 0 aliphatic carbocycles. The van der Waals surface area contributed by atoms with Crippen molar-refractivity contribution < 1.29 is 27.5 Å². The average Bonchev–Trinajstić information content (AvgIpc) is 2.95. The molecule has 0 aliphatic rings. The number of carbonyl (C=O) groups excluding carboxylic acids is 2. The van der Waals surface area contributed by atoms with E-state index < -0.39 is 29.9 Å². The smallest absolute Gasteiger partial charge is 0.418 e. The number of nitrogens with zero attached hydrogens (tertiary/aromatic N) is 1. The highest BCUT2D eigenvalue weighted by molar-refractivity contribution is 6.13. The summed E-state index contributed by atoms with van der Waals surface area (Å²) < 4.78 is 50.6. The summed E-state index contributed by atoms with van der Waals surface area (Å²) in [5, 5.41) is 0. The molecule has 0 heterocycles. The SMILES string of the molecule is COC(=O)c1ccc(C(CC(=O)c2ccccc2)(N=C(c2ccccc2)c2ccccc2)C(F)(F)F)cc1. The Balaban J connectivity index is 2.00. The lowest BCUT2D eigenvalue weighted by Crippen LogP contribution is -2.43. The molecule has 192 valence electrons. The van der Waals surface area contributed by atoms with Gasteiger partial charge in [-0.3, -0.25) is 9.79 Å². The van der Waals surface area contributed by atoms with Crippen LogP contribution in [0.15, 0.2) is 120 Å². The van der Waals surface area contributed by atoms with Crippen molar-refractivity contribution in [1.82, 2.24) is 0 Å². The van der Waals surface area contributed by atoms with Crippen LogP contribution in [0.25, 0.3) is 0 Å². The fourth-order valence-electron chi connectivity index (χ4n) is 4.17. The van der Waals surface area contributed by atoms with Crippen LogP contribution in [0.4, 0.5) is 13.2 Å². The lowest BCUT2D eigenvalue weighted by Gasteiger charge is -2.33. The van der Waals surface area contributed by atoms with E-state index in [-0.39, 0.29) is 22.4 Å². The van der Waals surface area contributed by atoms with Crippen LogP contribution in [0.5, 0.6) is 0 Å². The molecule has 1 atom stereocenters. The van der Waals surface area contributed by atoms with E-state index in [1.165, 1.54) is 43.5 Å². The minimum Gasteiger partial charge on any atom is -0.465 e. The first-order chi connectivity index (χ1) is 18.2. The molecule has 0 amide bonds. The van der Waals surface area contributed by atoms with Crippen LogP contribution in [0.1, 0.15) is 43.8 Å². The maximum Gasteiger partial charge on any atom is 0.418 e. The normalized spacial score (nSPS) is 12.7. The van der Waals surface area contributed by atoms with E-state index in [4.69, 9.17) is 0 Å². The van der Waals surface area contributed by atoms with Crippen molar-refractivity contribution in [3.05, 3.63) is 143 Å². The zero-order chi connectivity index (χ0) is 27.2. The van der Waals surface area contributed by atoms with Crippen molar-refractivity contribution in [2.24, 2.45) is 4.99 Å². The second-order valence-electron chi connectivity index (χ2n) is 8.59. The summed E-state index contributed by atoms with van der Waals surface area (Å²) in [4.78, 5) is 29.7. The minimum absolute atomic E-state index is 0.0806. The van der Waals surface area contributed by atoms with Crippen molar-refractivity contribution in [3.63, 3.8) is 0 Å². The van der Waals surface area contributed by atoms with Crippen molar-refractivity contribution in [3.8, 4) is 0 Å².